The van der Waals surface area contributed by atoms with Crippen LogP contribution in [0.15, 0.2) is 57.2 Å². The Kier molecular flexibility index (Phi) is 3.54. The van der Waals surface area contributed by atoms with E-state index in [1.165, 1.54) is 12.1 Å². The van der Waals surface area contributed by atoms with E-state index < -0.39 is 0 Å². The zero-order valence-corrected chi connectivity index (χ0v) is 12.1. The van der Waals surface area contributed by atoms with E-state index in [-0.39, 0.29) is 17.9 Å². The Balaban J connectivity index is 1.76. The highest BCUT2D eigenvalue weighted by atomic mass is 19.1. The first kappa shape index (κ1) is 14.1. The topological polar surface area (TPSA) is 101 Å². The van der Waals surface area contributed by atoms with Gasteiger partial charge in [-0.2, -0.15) is 4.99 Å². The number of dihydropyridines is 1. The van der Waals surface area contributed by atoms with Crippen LogP contribution in [-0.4, -0.2) is 24.5 Å². The molecule has 0 bridgehead atoms. The second-order valence-electron chi connectivity index (χ2n) is 5.12. The van der Waals surface area contributed by atoms with Gasteiger partial charge in [-0.05, 0) is 42.3 Å². The monoisotopic (exact) mass is 300 g/mol. The van der Waals surface area contributed by atoms with Crippen molar-refractivity contribution in [1.82, 2.24) is 5.32 Å². The number of guanidine groups is 1. The number of rotatable bonds is 3. The van der Waals surface area contributed by atoms with Crippen LogP contribution in [0.2, 0.25) is 0 Å². The van der Waals surface area contributed by atoms with Crippen molar-refractivity contribution in [3.8, 4) is 0 Å². The lowest BCUT2D eigenvalue weighted by Gasteiger charge is -2.28. The summed E-state index contributed by atoms with van der Waals surface area (Å²) in [4.78, 5) is 8.23. The molecule has 0 aliphatic carbocycles. The summed E-state index contributed by atoms with van der Waals surface area (Å²) in [7, 11) is 0. The molecule has 7 heteroatoms. The first-order chi connectivity index (χ1) is 10.5. The van der Waals surface area contributed by atoms with Gasteiger partial charge in [0, 0.05) is 24.0 Å². The highest BCUT2D eigenvalue weighted by Gasteiger charge is 2.27. The number of hydrogen-bond acceptors (Lipinski definition) is 6. The number of benzene rings is 1. The van der Waals surface area contributed by atoms with E-state index in [9.17, 15) is 4.39 Å². The quantitative estimate of drug-likeness (QED) is 0.670. The van der Waals surface area contributed by atoms with E-state index in [1.54, 1.807) is 12.1 Å². The third-order valence-electron chi connectivity index (χ3n) is 3.67. The average molecular weight is 300 g/mol. The minimum Gasteiger partial charge on any atom is -0.383 e. The fourth-order valence-corrected chi connectivity index (χ4v) is 2.48. The summed E-state index contributed by atoms with van der Waals surface area (Å²) >= 11 is 0. The molecule has 2 aliphatic heterocycles. The van der Waals surface area contributed by atoms with Crippen molar-refractivity contribution in [2.75, 3.05) is 11.9 Å². The molecule has 0 saturated heterocycles. The lowest BCUT2D eigenvalue weighted by atomic mass is 9.95. The Hall–Kier alpha value is -2.83. The molecule has 0 aromatic heterocycles. The van der Waals surface area contributed by atoms with Crippen molar-refractivity contribution >= 4 is 17.5 Å². The molecule has 1 aromatic carbocycles. The fraction of sp³-hybridized carbons (Fsp3) is 0.200. The first-order valence-corrected chi connectivity index (χ1v) is 6.88. The molecule has 114 valence electrons. The molecule has 2 heterocycles. The fourth-order valence-electron chi connectivity index (χ4n) is 2.48. The summed E-state index contributed by atoms with van der Waals surface area (Å²) in [6.45, 7) is 2.55. The number of fused-ring (bicyclic) bond motifs is 1. The molecule has 22 heavy (non-hydrogen) atoms. The van der Waals surface area contributed by atoms with Crippen molar-refractivity contribution in [3.05, 3.63) is 53.0 Å². The predicted octanol–water partition coefficient (Wildman–Crippen LogP) is 1.05. The molecular weight excluding hydrogens is 283 g/mol. The number of aliphatic imine (C=N–C) groups is 2. The maximum atomic E-state index is 12.9. The number of amidine groups is 1. The van der Waals surface area contributed by atoms with Gasteiger partial charge in [0.25, 0.3) is 0 Å². The maximum Gasteiger partial charge on any atom is 0.219 e. The lowest BCUT2D eigenvalue weighted by Crippen LogP contribution is -2.41. The van der Waals surface area contributed by atoms with E-state index in [2.05, 4.69) is 20.6 Å². The Labute approximate surface area is 127 Å². The van der Waals surface area contributed by atoms with E-state index in [0.29, 0.717) is 12.4 Å². The highest BCUT2D eigenvalue weighted by molar-refractivity contribution is 6.08. The molecule has 3 rings (SSSR count). The highest BCUT2D eigenvalue weighted by Crippen LogP contribution is 2.24. The summed E-state index contributed by atoms with van der Waals surface area (Å²) in [6, 6.07) is 6.22. The zero-order valence-electron chi connectivity index (χ0n) is 12.1. The van der Waals surface area contributed by atoms with Gasteiger partial charge in [-0.25, -0.2) is 9.38 Å². The van der Waals surface area contributed by atoms with Crippen LogP contribution in [-0.2, 0) is 0 Å². The second kappa shape index (κ2) is 5.51. The lowest BCUT2D eigenvalue weighted by molar-refractivity contribution is 0.628. The Morgan fingerprint density at radius 2 is 2.00 bits per heavy atom. The Morgan fingerprint density at radius 3 is 2.73 bits per heavy atom. The Morgan fingerprint density at radius 1 is 1.27 bits per heavy atom. The van der Waals surface area contributed by atoms with Crippen LogP contribution in [0.3, 0.4) is 0 Å². The normalized spacial score (nSPS) is 20.5. The number of nitrogens with one attached hydrogen (secondary N) is 2. The summed E-state index contributed by atoms with van der Waals surface area (Å²) in [6.07, 6.45) is 1.60. The van der Waals surface area contributed by atoms with Gasteiger partial charge in [-0.3, -0.25) is 0 Å². The van der Waals surface area contributed by atoms with Gasteiger partial charge in [0.2, 0.25) is 5.96 Å². The van der Waals surface area contributed by atoms with Gasteiger partial charge in [0.15, 0.2) is 6.17 Å². The molecular formula is C15H17FN6. The third kappa shape index (κ3) is 2.65. The summed E-state index contributed by atoms with van der Waals surface area (Å²) in [5.41, 5.74) is 15.3. The third-order valence-corrected chi connectivity index (χ3v) is 3.67. The number of anilines is 1. The maximum absolute atomic E-state index is 12.9. The number of halogens is 1. The zero-order chi connectivity index (χ0) is 15.7. The molecule has 0 radical (unpaired) electrons. The number of hydrogen-bond donors (Lipinski definition) is 4. The molecule has 2 aliphatic rings. The minimum absolute atomic E-state index is 0.174. The summed E-state index contributed by atoms with van der Waals surface area (Å²) < 4.78 is 12.9. The first-order valence-electron chi connectivity index (χ1n) is 6.88. The van der Waals surface area contributed by atoms with Crippen LogP contribution >= 0.6 is 0 Å². The number of nitrogens with two attached hydrogens (primary N) is 2. The molecule has 1 aromatic rings. The van der Waals surface area contributed by atoms with Gasteiger partial charge in [-0.1, -0.05) is 0 Å². The van der Waals surface area contributed by atoms with Gasteiger partial charge in [0.1, 0.15) is 11.7 Å². The van der Waals surface area contributed by atoms with Crippen molar-refractivity contribution in [2.45, 2.75) is 13.1 Å². The van der Waals surface area contributed by atoms with Gasteiger partial charge in [0.05, 0.1) is 0 Å². The summed E-state index contributed by atoms with van der Waals surface area (Å²) in [5, 5.41) is 6.40. The average Bonchev–Trinajstić information content (AvgIpc) is 2.47. The van der Waals surface area contributed by atoms with Crippen molar-refractivity contribution in [1.29, 1.82) is 0 Å². The predicted molar refractivity (Wildman–Crippen MR) is 85.8 cm³/mol. The van der Waals surface area contributed by atoms with Crippen LogP contribution in [0.5, 0.6) is 0 Å². The molecule has 1 unspecified atom stereocenters. The molecule has 6 N–H and O–H groups in total. The smallest absolute Gasteiger partial charge is 0.219 e. The van der Waals surface area contributed by atoms with Crippen LogP contribution in [0, 0.1) is 5.82 Å². The second-order valence-corrected chi connectivity index (χ2v) is 5.12. The van der Waals surface area contributed by atoms with Crippen molar-refractivity contribution in [2.24, 2.45) is 21.5 Å². The van der Waals surface area contributed by atoms with E-state index in [4.69, 9.17) is 11.5 Å². The van der Waals surface area contributed by atoms with Crippen LogP contribution in [0.25, 0.3) is 0 Å². The minimum atomic E-state index is -0.285. The Bertz CT molecular complexity index is 714. The number of nitrogens with zero attached hydrogens (tertiary/aromatic N) is 2. The van der Waals surface area contributed by atoms with E-state index in [1.807, 2.05) is 13.1 Å². The molecule has 0 saturated carbocycles. The molecule has 0 fully saturated rings. The molecule has 6 nitrogen and oxygen atoms in total. The largest absolute Gasteiger partial charge is 0.383 e. The van der Waals surface area contributed by atoms with E-state index in [0.717, 1.165) is 22.4 Å². The van der Waals surface area contributed by atoms with Gasteiger partial charge < -0.3 is 22.1 Å². The molecule has 1 atom stereocenters. The summed E-state index contributed by atoms with van der Waals surface area (Å²) in [5.74, 6) is 0.301. The van der Waals surface area contributed by atoms with Gasteiger partial charge in [-0.15, -0.1) is 0 Å². The van der Waals surface area contributed by atoms with Crippen LogP contribution < -0.4 is 22.1 Å². The van der Waals surface area contributed by atoms with Crippen LogP contribution in [0.4, 0.5) is 10.1 Å². The molecule has 0 amide bonds. The standard InChI is InChI=1S/C15H17FN6/c1-8-9(6-19-11-4-2-10(16)3-5-11)7-20-14-12(8)13(17)21-15(18)22-14/h2-5,7,14,19-20H,6H2,1H3,(H4,17,18,21,22). The molecule has 0 spiro atoms. The van der Waals surface area contributed by atoms with Crippen molar-refractivity contribution in [3.63, 3.8) is 0 Å². The van der Waals surface area contributed by atoms with Crippen LogP contribution in [0.1, 0.15) is 6.92 Å². The SMILES string of the molecule is CC1=C2C(N)=NC(N)=NC2NC=C1CNc1ccc(F)cc1. The van der Waals surface area contributed by atoms with Gasteiger partial charge >= 0.3 is 0 Å². The van der Waals surface area contributed by atoms with E-state index >= 15 is 0 Å². The van der Waals surface area contributed by atoms with Crippen molar-refractivity contribution < 1.29 is 4.39 Å².